The number of anilines is 1. The van der Waals surface area contributed by atoms with Crippen LogP contribution in [-0.2, 0) is 0 Å². The molecule has 18 heavy (non-hydrogen) atoms. The molecule has 96 valence electrons. The van der Waals surface area contributed by atoms with Crippen LogP contribution < -0.4 is 5.73 Å². The van der Waals surface area contributed by atoms with Gasteiger partial charge in [0.2, 0.25) is 11.7 Å². The van der Waals surface area contributed by atoms with Gasteiger partial charge in [-0.1, -0.05) is 12.1 Å². The molecule has 0 fully saturated rings. The van der Waals surface area contributed by atoms with E-state index in [1.165, 1.54) is 0 Å². The maximum absolute atomic E-state index is 5.68. The van der Waals surface area contributed by atoms with E-state index in [-0.39, 0.29) is 5.25 Å². The third kappa shape index (κ3) is 2.84. The molecule has 0 aromatic carbocycles. The summed E-state index contributed by atoms with van der Waals surface area (Å²) in [5.74, 6) is 1.60. The summed E-state index contributed by atoms with van der Waals surface area (Å²) in [6.07, 6.45) is 2.98. The first-order valence-electron chi connectivity index (χ1n) is 5.44. The zero-order chi connectivity index (χ0) is 13.1. The molecular weight excluding hydrogens is 316 g/mol. The van der Waals surface area contributed by atoms with Crippen molar-refractivity contribution in [3.8, 4) is 11.4 Å². The monoisotopic (exact) mass is 328 g/mol. The van der Waals surface area contributed by atoms with E-state index in [4.69, 9.17) is 10.3 Å². The number of hydrogen-bond donors (Lipinski definition) is 1. The van der Waals surface area contributed by atoms with Crippen molar-refractivity contribution in [3.63, 3.8) is 0 Å². The maximum atomic E-state index is 5.68. The number of rotatable bonds is 4. The minimum atomic E-state index is 0.230. The highest BCUT2D eigenvalue weighted by Crippen LogP contribution is 2.30. The molecule has 2 rings (SSSR count). The molecule has 0 bridgehead atoms. The van der Waals surface area contributed by atoms with E-state index in [9.17, 15) is 0 Å². The lowest BCUT2D eigenvalue weighted by atomic mass is 10.2. The normalized spacial score (nSPS) is 12.6. The Balaban J connectivity index is 2.34. The second-order valence-electron chi connectivity index (χ2n) is 3.69. The van der Waals surface area contributed by atoms with Gasteiger partial charge in [-0.05, 0) is 40.7 Å². The molecule has 0 aliphatic heterocycles. The Morgan fingerprint density at radius 2 is 2.22 bits per heavy atom. The molecule has 2 heterocycles. The molecule has 5 nitrogen and oxygen atoms in total. The Bertz CT molecular complexity index is 521. The molecule has 0 radical (unpaired) electrons. The van der Waals surface area contributed by atoms with Crippen LogP contribution in [0.3, 0.4) is 0 Å². The van der Waals surface area contributed by atoms with Gasteiger partial charge in [0.05, 0.1) is 5.25 Å². The predicted molar refractivity (Wildman–Crippen MR) is 76.2 cm³/mol. The summed E-state index contributed by atoms with van der Waals surface area (Å²) >= 11 is 4.99. The number of nitrogen functional groups attached to an aromatic ring is 1. The van der Waals surface area contributed by atoms with Crippen LogP contribution in [0.4, 0.5) is 5.82 Å². The zero-order valence-corrected chi connectivity index (χ0v) is 12.5. The van der Waals surface area contributed by atoms with Gasteiger partial charge >= 0.3 is 0 Å². The van der Waals surface area contributed by atoms with E-state index in [1.54, 1.807) is 17.8 Å². The third-order valence-corrected chi connectivity index (χ3v) is 3.95. The van der Waals surface area contributed by atoms with Crippen molar-refractivity contribution in [2.24, 2.45) is 0 Å². The van der Waals surface area contributed by atoms with E-state index in [2.05, 4.69) is 38.0 Å². The number of nitrogens with zero attached hydrogens (tertiary/aromatic N) is 3. The molecule has 0 saturated carbocycles. The third-order valence-electron chi connectivity index (χ3n) is 2.44. The second kappa shape index (κ2) is 5.71. The Labute approximate surface area is 118 Å². The van der Waals surface area contributed by atoms with Gasteiger partial charge < -0.3 is 10.3 Å². The minimum Gasteiger partial charge on any atom is -0.384 e. The van der Waals surface area contributed by atoms with Gasteiger partial charge in [-0.15, -0.1) is 0 Å². The van der Waals surface area contributed by atoms with Crippen LogP contribution in [0.1, 0.15) is 24.5 Å². The molecular formula is C11H13BrN4OS. The molecule has 0 spiro atoms. The Morgan fingerprint density at radius 1 is 1.44 bits per heavy atom. The van der Waals surface area contributed by atoms with Crippen LogP contribution in [0.5, 0.6) is 0 Å². The molecule has 0 amide bonds. The summed E-state index contributed by atoms with van der Waals surface area (Å²) in [5.41, 5.74) is 6.48. The van der Waals surface area contributed by atoms with E-state index in [1.807, 2.05) is 12.3 Å². The van der Waals surface area contributed by atoms with Gasteiger partial charge in [0.1, 0.15) is 10.4 Å². The lowest BCUT2D eigenvalue weighted by Crippen LogP contribution is -1.93. The van der Waals surface area contributed by atoms with Crippen LogP contribution in [0, 0.1) is 0 Å². The first kappa shape index (κ1) is 13.4. The van der Waals surface area contributed by atoms with Gasteiger partial charge in [-0.3, -0.25) is 0 Å². The number of halogens is 1. The zero-order valence-electron chi connectivity index (χ0n) is 10.1. The second-order valence-corrected chi connectivity index (χ2v) is 5.55. The fraction of sp³-hybridized carbons (Fsp3) is 0.364. The summed E-state index contributed by atoms with van der Waals surface area (Å²) in [4.78, 5) is 8.44. The molecule has 2 aromatic rings. The lowest BCUT2D eigenvalue weighted by molar-refractivity contribution is 0.375. The average molecular weight is 329 g/mol. The number of nitrogens with two attached hydrogens (primary N) is 1. The number of pyridine rings is 1. The van der Waals surface area contributed by atoms with Gasteiger partial charge in [0.25, 0.3) is 0 Å². The predicted octanol–water partition coefficient (Wildman–Crippen LogP) is 3.29. The van der Waals surface area contributed by atoms with Crippen molar-refractivity contribution in [2.75, 3.05) is 12.0 Å². The van der Waals surface area contributed by atoms with Crippen molar-refractivity contribution in [1.29, 1.82) is 0 Å². The van der Waals surface area contributed by atoms with Crippen molar-refractivity contribution < 1.29 is 4.52 Å². The number of thioether (sulfide) groups is 1. The Morgan fingerprint density at radius 3 is 2.83 bits per heavy atom. The van der Waals surface area contributed by atoms with Gasteiger partial charge in [0.15, 0.2) is 0 Å². The Hall–Kier alpha value is -1.08. The van der Waals surface area contributed by atoms with Gasteiger partial charge in [0, 0.05) is 5.56 Å². The smallest absolute Gasteiger partial charge is 0.240 e. The highest BCUT2D eigenvalue weighted by Gasteiger charge is 2.17. The standard InChI is InChI=1S/C11H13BrN4OS/c1-3-7(18-2)11-15-10(16-17-11)6-4-8(12)14-9(13)5-6/h4-5,7H,3H2,1-2H3,(H2,13,14). The molecule has 2 N–H and O–H groups in total. The van der Waals surface area contributed by atoms with Crippen molar-refractivity contribution in [1.82, 2.24) is 15.1 Å². The first-order chi connectivity index (χ1) is 8.63. The van der Waals surface area contributed by atoms with E-state index in [0.717, 1.165) is 12.0 Å². The average Bonchev–Trinajstić information content (AvgIpc) is 2.79. The maximum Gasteiger partial charge on any atom is 0.240 e. The molecule has 1 atom stereocenters. The summed E-state index contributed by atoms with van der Waals surface area (Å²) in [6.45, 7) is 2.09. The van der Waals surface area contributed by atoms with Crippen LogP contribution in [0.2, 0.25) is 0 Å². The SMILES string of the molecule is CCC(SC)c1nc(-c2cc(N)nc(Br)c2)no1. The molecule has 1 unspecified atom stereocenters. The van der Waals surface area contributed by atoms with Crippen LogP contribution in [0.25, 0.3) is 11.4 Å². The summed E-state index contributed by atoms with van der Waals surface area (Å²) < 4.78 is 5.94. The summed E-state index contributed by atoms with van der Waals surface area (Å²) in [7, 11) is 0. The topological polar surface area (TPSA) is 77.8 Å². The largest absolute Gasteiger partial charge is 0.384 e. The van der Waals surface area contributed by atoms with Gasteiger partial charge in [-0.25, -0.2) is 4.98 Å². The van der Waals surface area contributed by atoms with Crippen LogP contribution >= 0.6 is 27.7 Å². The fourth-order valence-corrected chi connectivity index (χ4v) is 2.65. The van der Waals surface area contributed by atoms with Gasteiger partial charge in [-0.2, -0.15) is 16.7 Å². The van der Waals surface area contributed by atoms with E-state index in [0.29, 0.717) is 22.1 Å². The summed E-state index contributed by atoms with van der Waals surface area (Å²) in [6, 6.07) is 3.53. The molecule has 2 aromatic heterocycles. The van der Waals surface area contributed by atoms with E-state index >= 15 is 0 Å². The number of aromatic nitrogens is 3. The minimum absolute atomic E-state index is 0.230. The Kier molecular flexibility index (Phi) is 4.23. The highest BCUT2D eigenvalue weighted by molar-refractivity contribution is 9.10. The quantitative estimate of drug-likeness (QED) is 0.867. The molecule has 0 saturated heterocycles. The van der Waals surface area contributed by atoms with E-state index < -0.39 is 0 Å². The molecule has 0 aliphatic carbocycles. The van der Waals surface area contributed by atoms with Crippen molar-refractivity contribution >= 4 is 33.5 Å². The molecule has 7 heteroatoms. The number of hydrogen-bond acceptors (Lipinski definition) is 6. The van der Waals surface area contributed by atoms with Crippen molar-refractivity contribution in [2.45, 2.75) is 18.6 Å². The summed E-state index contributed by atoms with van der Waals surface area (Å²) in [5, 5.41) is 4.21. The first-order valence-corrected chi connectivity index (χ1v) is 7.52. The lowest BCUT2D eigenvalue weighted by Gasteiger charge is -2.04. The van der Waals surface area contributed by atoms with Crippen LogP contribution in [0.15, 0.2) is 21.3 Å². The fourth-order valence-electron chi connectivity index (χ4n) is 1.57. The van der Waals surface area contributed by atoms with Crippen molar-refractivity contribution in [3.05, 3.63) is 22.6 Å². The van der Waals surface area contributed by atoms with Crippen LogP contribution in [-0.4, -0.2) is 21.4 Å². The molecule has 0 aliphatic rings. The highest BCUT2D eigenvalue weighted by atomic mass is 79.9.